The van der Waals surface area contributed by atoms with Gasteiger partial charge in [0, 0.05) is 27.1 Å². The highest BCUT2D eigenvalue weighted by Crippen LogP contribution is 2.37. The van der Waals surface area contributed by atoms with E-state index in [1.165, 1.54) is 11.1 Å². The molecule has 0 radical (unpaired) electrons. The lowest BCUT2D eigenvalue weighted by atomic mass is 10.0. The second kappa shape index (κ2) is 10.2. The lowest BCUT2D eigenvalue weighted by Crippen LogP contribution is -2.10. The molecule has 47 heavy (non-hydrogen) atoms. The van der Waals surface area contributed by atoms with E-state index in [2.05, 4.69) is 137 Å². The summed E-state index contributed by atoms with van der Waals surface area (Å²) < 4.78 is 5.42. The van der Waals surface area contributed by atoms with Gasteiger partial charge in [0.2, 0.25) is 11.9 Å². The van der Waals surface area contributed by atoms with Gasteiger partial charge < -0.3 is 0 Å². The molecule has 0 saturated heterocycles. The van der Waals surface area contributed by atoms with Crippen molar-refractivity contribution in [1.82, 2.24) is 29.1 Å². The molecule has 0 aliphatic rings. The third-order valence-corrected chi connectivity index (χ3v) is 9.77. The topological polar surface area (TPSA) is 61.4 Å². The van der Waals surface area contributed by atoms with Crippen LogP contribution in [0.25, 0.3) is 88.2 Å². The molecule has 0 spiro atoms. The smallest absolute Gasteiger partial charge is 0.240 e. The van der Waals surface area contributed by atoms with Crippen molar-refractivity contribution in [3.63, 3.8) is 0 Å². The molecule has 0 unspecified atom stereocenters. The molecule has 6 aromatic carbocycles. The first-order valence-corrected chi connectivity index (χ1v) is 16.4. The Hall–Kier alpha value is -6.18. The Kier molecular flexibility index (Phi) is 5.64. The largest absolute Gasteiger partial charge is 0.278 e. The number of aromatic nitrogens is 6. The Morgan fingerprint density at radius 3 is 1.68 bits per heavy atom. The van der Waals surface area contributed by atoms with Crippen LogP contribution in [0.4, 0.5) is 0 Å². The molecule has 6 nitrogen and oxygen atoms in total. The molecule has 4 heterocycles. The fraction of sp³-hybridized carbons (Fsp3) is 0. The van der Waals surface area contributed by atoms with Gasteiger partial charge in [-0.25, -0.2) is 4.98 Å². The second-order valence-electron chi connectivity index (χ2n) is 11.6. The Morgan fingerprint density at radius 1 is 0.447 bits per heavy atom. The molecule has 0 aliphatic carbocycles. The average molecular weight is 621 g/mol. The normalized spacial score (nSPS) is 11.8. The van der Waals surface area contributed by atoms with Crippen LogP contribution in [0, 0.1) is 0 Å². The van der Waals surface area contributed by atoms with Gasteiger partial charge in [-0.1, -0.05) is 97.1 Å². The van der Waals surface area contributed by atoms with Gasteiger partial charge in [-0.05, 0) is 53.6 Å². The van der Waals surface area contributed by atoms with Gasteiger partial charge in [-0.15, -0.1) is 11.3 Å². The van der Waals surface area contributed by atoms with E-state index in [0.717, 1.165) is 59.4 Å². The first-order chi connectivity index (χ1) is 23.3. The van der Waals surface area contributed by atoms with E-state index in [1.54, 1.807) is 11.3 Å². The van der Waals surface area contributed by atoms with Gasteiger partial charge in [-0.3, -0.25) is 9.13 Å². The summed E-state index contributed by atoms with van der Waals surface area (Å²) in [5.41, 5.74) is 10.1. The van der Waals surface area contributed by atoms with Crippen molar-refractivity contribution in [2.45, 2.75) is 0 Å². The van der Waals surface area contributed by atoms with Gasteiger partial charge in [0.05, 0.1) is 37.8 Å². The van der Waals surface area contributed by atoms with Crippen molar-refractivity contribution < 1.29 is 0 Å². The van der Waals surface area contributed by atoms with Crippen molar-refractivity contribution >= 4 is 65.2 Å². The highest BCUT2D eigenvalue weighted by atomic mass is 32.1. The quantitative estimate of drug-likeness (QED) is 0.196. The Balaban J connectivity index is 1.31. The highest BCUT2D eigenvalue weighted by Gasteiger charge is 2.21. The first kappa shape index (κ1) is 26.1. The van der Waals surface area contributed by atoms with E-state index in [0.29, 0.717) is 17.7 Å². The molecule has 10 aromatic rings. The summed E-state index contributed by atoms with van der Waals surface area (Å²) in [4.78, 5) is 20.4. The summed E-state index contributed by atoms with van der Waals surface area (Å²) >= 11 is 1.61. The molecule has 0 bridgehead atoms. The van der Waals surface area contributed by atoms with E-state index in [4.69, 9.17) is 19.9 Å². The standard InChI is InChI=1S/C40H24N6S/c1-2-11-25(12-3-1)26-21-22-35-31(23-26)29-15-6-9-19-34(29)46(35)40-43-38(30-16-10-20-36-37(30)41-24-47-36)42-39(44-40)45-32-17-7-4-13-27(32)28-14-5-8-18-33(28)45/h1-24H. The lowest BCUT2D eigenvalue weighted by molar-refractivity contribution is 0.893. The average Bonchev–Trinajstić information content (AvgIpc) is 3.84. The molecular weight excluding hydrogens is 597 g/mol. The zero-order valence-corrected chi connectivity index (χ0v) is 25.8. The van der Waals surface area contributed by atoms with E-state index in [1.807, 2.05) is 17.6 Å². The van der Waals surface area contributed by atoms with Gasteiger partial charge in [0.25, 0.3) is 0 Å². The molecule has 0 aliphatic heterocycles. The maximum atomic E-state index is 5.28. The van der Waals surface area contributed by atoms with Crippen molar-refractivity contribution in [3.8, 4) is 34.4 Å². The predicted octanol–water partition coefficient (Wildman–Crippen LogP) is 10.0. The zero-order chi connectivity index (χ0) is 30.9. The minimum atomic E-state index is 0.553. The summed E-state index contributed by atoms with van der Waals surface area (Å²) in [6, 6.07) is 48.7. The number of para-hydroxylation sites is 4. The zero-order valence-electron chi connectivity index (χ0n) is 24.9. The number of thiazole rings is 1. The third kappa shape index (κ3) is 3.97. The van der Waals surface area contributed by atoms with Crippen molar-refractivity contribution in [2.24, 2.45) is 0 Å². The van der Waals surface area contributed by atoms with Crippen molar-refractivity contribution in [3.05, 3.63) is 145 Å². The molecule has 0 fully saturated rings. The van der Waals surface area contributed by atoms with E-state index in [9.17, 15) is 0 Å². The molecule has 220 valence electrons. The maximum Gasteiger partial charge on any atom is 0.240 e. The molecule has 7 heteroatoms. The summed E-state index contributed by atoms with van der Waals surface area (Å²) in [5, 5.41) is 4.59. The molecule has 0 N–H and O–H groups in total. The summed E-state index contributed by atoms with van der Waals surface area (Å²) in [7, 11) is 0. The minimum Gasteiger partial charge on any atom is -0.278 e. The highest BCUT2D eigenvalue weighted by molar-refractivity contribution is 7.16. The van der Waals surface area contributed by atoms with Gasteiger partial charge in [-0.2, -0.15) is 15.0 Å². The Morgan fingerprint density at radius 2 is 1.02 bits per heavy atom. The van der Waals surface area contributed by atoms with Gasteiger partial charge in [0.15, 0.2) is 5.82 Å². The number of nitrogens with zero attached hydrogens (tertiary/aromatic N) is 6. The molecule has 0 amide bonds. The molecular formula is C40H24N6S. The van der Waals surface area contributed by atoms with Crippen molar-refractivity contribution in [2.75, 3.05) is 0 Å². The summed E-state index contributed by atoms with van der Waals surface area (Å²) in [6.45, 7) is 0. The van der Waals surface area contributed by atoms with Gasteiger partial charge in [0.1, 0.15) is 0 Å². The second-order valence-corrected chi connectivity index (χ2v) is 12.5. The van der Waals surface area contributed by atoms with Crippen LogP contribution in [0.15, 0.2) is 145 Å². The summed E-state index contributed by atoms with van der Waals surface area (Å²) in [6.07, 6.45) is 0. The molecule has 4 aromatic heterocycles. The SMILES string of the molecule is c1ccc(-c2ccc3c(c2)c2ccccc2n3-c2nc(-c3cccc4scnc34)nc(-n3c4ccccc4c4ccccc43)n2)cc1. The molecule has 0 saturated carbocycles. The number of fused-ring (bicyclic) bond motifs is 7. The van der Waals surface area contributed by atoms with Crippen LogP contribution in [0.5, 0.6) is 0 Å². The van der Waals surface area contributed by atoms with Gasteiger partial charge >= 0.3 is 0 Å². The van der Waals surface area contributed by atoms with E-state index < -0.39 is 0 Å². The van der Waals surface area contributed by atoms with Crippen LogP contribution in [-0.4, -0.2) is 29.1 Å². The number of hydrogen-bond acceptors (Lipinski definition) is 5. The third-order valence-electron chi connectivity index (χ3n) is 8.97. The lowest BCUT2D eigenvalue weighted by Gasteiger charge is -2.13. The molecule has 10 rings (SSSR count). The number of hydrogen-bond donors (Lipinski definition) is 0. The monoisotopic (exact) mass is 620 g/mol. The van der Waals surface area contributed by atoms with Crippen LogP contribution in [0.3, 0.4) is 0 Å². The van der Waals surface area contributed by atoms with Crippen LogP contribution in [-0.2, 0) is 0 Å². The van der Waals surface area contributed by atoms with Crippen LogP contribution in [0.1, 0.15) is 0 Å². The molecule has 0 atom stereocenters. The van der Waals surface area contributed by atoms with Crippen molar-refractivity contribution in [1.29, 1.82) is 0 Å². The fourth-order valence-electron chi connectivity index (χ4n) is 6.88. The number of benzene rings is 6. The van der Waals surface area contributed by atoms with E-state index in [-0.39, 0.29) is 0 Å². The predicted molar refractivity (Wildman–Crippen MR) is 193 cm³/mol. The maximum absolute atomic E-state index is 5.28. The van der Waals surface area contributed by atoms with Crippen LogP contribution < -0.4 is 0 Å². The first-order valence-electron chi connectivity index (χ1n) is 15.5. The fourth-order valence-corrected chi connectivity index (χ4v) is 7.58. The van der Waals surface area contributed by atoms with Crippen LogP contribution >= 0.6 is 11.3 Å². The Bertz CT molecular complexity index is 2760. The number of rotatable bonds is 4. The van der Waals surface area contributed by atoms with E-state index >= 15 is 0 Å². The Labute approximate surface area is 272 Å². The summed E-state index contributed by atoms with van der Waals surface area (Å²) in [5.74, 6) is 1.69. The van der Waals surface area contributed by atoms with Crippen LogP contribution in [0.2, 0.25) is 0 Å². The minimum absolute atomic E-state index is 0.553.